The van der Waals surface area contributed by atoms with Gasteiger partial charge in [0.1, 0.15) is 0 Å². The molecule has 0 saturated heterocycles. The van der Waals surface area contributed by atoms with Gasteiger partial charge in [0, 0.05) is 0 Å². The Hall–Kier alpha value is 0.720. The number of carboxylic acids is 1. The Bertz CT molecular complexity index is 519. The second-order valence-corrected chi connectivity index (χ2v) is 14.2. The Kier molecular flexibility index (Phi) is 44.5. The maximum Gasteiger partial charge on any atom is 1.00 e. The van der Waals surface area contributed by atoms with Crippen LogP contribution in [-0.4, -0.2) is 42.2 Å². The molecule has 3 nitrogen and oxygen atoms in total. The van der Waals surface area contributed by atoms with Crippen molar-refractivity contribution in [2.75, 3.05) is 26.7 Å². The van der Waals surface area contributed by atoms with E-state index in [0.717, 1.165) is 17.6 Å². The average molecular weight is 656 g/mol. The molecule has 262 valence electrons. The van der Waals surface area contributed by atoms with E-state index in [9.17, 15) is 9.90 Å². The van der Waals surface area contributed by atoms with Crippen LogP contribution in [0.2, 0.25) is 0 Å². The Morgan fingerprint density at radius 1 is 0.432 bits per heavy atom. The molecule has 0 aromatic heterocycles. The summed E-state index contributed by atoms with van der Waals surface area (Å²) < 4.78 is 0.729. The molecule has 0 radical (unpaired) electrons. The van der Waals surface area contributed by atoms with Gasteiger partial charge in [-0.3, -0.25) is 0 Å². The largest absolute Gasteiger partial charge is 1.00 e. The monoisotopic (exact) mass is 655 g/mol. The molecule has 5 heteroatoms. The molecule has 0 heterocycles. The van der Waals surface area contributed by atoms with Crippen molar-refractivity contribution >= 4 is 18.4 Å². The van der Waals surface area contributed by atoms with Gasteiger partial charge in [0.25, 0.3) is 0 Å². The third-order valence-electron chi connectivity index (χ3n) is 9.62. The number of rotatable bonds is 36. The molecule has 0 amide bonds. The standard InChI is InChI=1S/C39H79NO2.ClH.Na.H/c1-4-6-8-10-12-14-16-18-20-22-24-26-28-30-32-34-36-40(3,38-39(41)42)37-35-33-31-29-27-25-23-21-19-17-15-13-11-9-7-5-2;;;/h4-38H2,1-3H3;1H;;/q;;+1;-1/p+1. The molecular formula is C39H82ClNNaO2+. The predicted octanol–water partition coefficient (Wildman–Crippen LogP) is 10.6. The van der Waals surface area contributed by atoms with Gasteiger partial charge in [-0.2, -0.15) is 0 Å². The van der Waals surface area contributed by atoms with Crippen molar-refractivity contribution in [3.8, 4) is 0 Å². The predicted molar refractivity (Wildman–Crippen MR) is 196 cm³/mol. The number of hydrogen-bond acceptors (Lipinski definition) is 1. The van der Waals surface area contributed by atoms with E-state index in [1.165, 1.54) is 205 Å². The number of halogens is 1. The molecule has 1 N–H and O–H groups in total. The number of carboxylic acid groups (broad SMARTS) is 1. The van der Waals surface area contributed by atoms with E-state index in [1.54, 1.807) is 0 Å². The van der Waals surface area contributed by atoms with Crippen LogP contribution in [0.1, 0.15) is 221 Å². The van der Waals surface area contributed by atoms with Gasteiger partial charge in [-0.1, -0.05) is 194 Å². The molecule has 0 atom stereocenters. The Morgan fingerprint density at radius 2 is 0.614 bits per heavy atom. The van der Waals surface area contributed by atoms with Crippen molar-refractivity contribution < 1.29 is 45.4 Å². The summed E-state index contributed by atoms with van der Waals surface area (Å²) >= 11 is 0. The molecular weight excluding hydrogens is 573 g/mol. The van der Waals surface area contributed by atoms with Gasteiger partial charge in [0.05, 0.1) is 20.1 Å². The fraction of sp³-hybridized carbons (Fsp3) is 0.974. The summed E-state index contributed by atoms with van der Waals surface area (Å²) in [6, 6.07) is 0. The van der Waals surface area contributed by atoms with Crippen molar-refractivity contribution in [1.82, 2.24) is 0 Å². The quantitative estimate of drug-likeness (QED) is 0.0414. The van der Waals surface area contributed by atoms with E-state index in [4.69, 9.17) is 0 Å². The smallest absolute Gasteiger partial charge is 1.00 e. The summed E-state index contributed by atoms with van der Waals surface area (Å²) in [5.41, 5.74) is 0. The molecule has 0 fully saturated rings. The van der Waals surface area contributed by atoms with Crippen molar-refractivity contribution in [1.29, 1.82) is 0 Å². The Labute approximate surface area is 308 Å². The molecule has 0 rings (SSSR count). The van der Waals surface area contributed by atoms with Crippen LogP contribution in [0.25, 0.3) is 0 Å². The minimum Gasteiger partial charge on any atom is -1.00 e. The van der Waals surface area contributed by atoms with Gasteiger partial charge >= 0.3 is 35.5 Å². The Balaban J connectivity index is -0.00000280. The van der Waals surface area contributed by atoms with Crippen LogP contribution < -0.4 is 29.6 Å². The second kappa shape index (κ2) is 39.9. The maximum atomic E-state index is 11.5. The molecule has 0 unspecified atom stereocenters. The third kappa shape index (κ3) is 38.9. The number of hydrogen-bond donors (Lipinski definition) is 1. The van der Waals surface area contributed by atoms with E-state index in [0.29, 0.717) is 0 Å². The van der Waals surface area contributed by atoms with Gasteiger partial charge in [0.15, 0.2) is 6.54 Å². The topological polar surface area (TPSA) is 37.3 Å². The van der Waals surface area contributed by atoms with Crippen molar-refractivity contribution in [3.05, 3.63) is 0 Å². The van der Waals surface area contributed by atoms with Gasteiger partial charge in [0.2, 0.25) is 0 Å². The first-order valence-electron chi connectivity index (χ1n) is 19.6. The number of carbonyl (C=O) groups is 1. The average Bonchev–Trinajstić information content (AvgIpc) is 2.96. The first-order chi connectivity index (χ1) is 20.5. The summed E-state index contributed by atoms with van der Waals surface area (Å²) in [4.78, 5) is 11.5. The van der Waals surface area contributed by atoms with Crippen molar-refractivity contribution in [2.24, 2.45) is 0 Å². The third-order valence-corrected chi connectivity index (χ3v) is 9.62. The first-order valence-corrected chi connectivity index (χ1v) is 19.6. The van der Waals surface area contributed by atoms with Crippen LogP contribution in [0.15, 0.2) is 0 Å². The van der Waals surface area contributed by atoms with E-state index in [2.05, 4.69) is 20.9 Å². The van der Waals surface area contributed by atoms with Crippen LogP contribution in [0.3, 0.4) is 0 Å². The maximum absolute atomic E-state index is 11.5. The molecule has 44 heavy (non-hydrogen) atoms. The van der Waals surface area contributed by atoms with Crippen molar-refractivity contribution in [3.63, 3.8) is 0 Å². The fourth-order valence-corrected chi connectivity index (χ4v) is 6.68. The molecule has 0 aliphatic rings. The molecule has 0 aliphatic carbocycles. The number of unbranched alkanes of at least 4 members (excludes halogenated alkanes) is 30. The van der Waals surface area contributed by atoms with E-state index in [-0.39, 0.29) is 49.9 Å². The number of nitrogens with zero attached hydrogens (tertiary/aromatic N) is 1. The van der Waals surface area contributed by atoms with Gasteiger partial charge in [-0.15, -0.1) is 12.4 Å². The number of aliphatic carboxylic acids is 1. The summed E-state index contributed by atoms with van der Waals surface area (Å²) in [6.45, 7) is 6.94. The van der Waals surface area contributed by atoms with Crippen LogP contribution in [0, 0.1) is 0 Å². The summed E-state index contributed by atoms with van der Waals surface area (Å²) in [6.07, 6.45) is 44.4. The summed E-state index contributed by atoms with van der Waals surface area (Å²) in [5, 5.41) is 9.50. The number of quaternary nitrogens is 1. The van der Waals surface area contributed by atoms with E-state index < -0.39 is 5.97 Å². The van der Waals surface area contributed by atoms with Gasteiger partial charge < -0.3 is 11.0 Å². The van der Waals surface area contributed by atoms with Crippen LogP contribution in [0.4, 0.5) is 0 Å². The minimum atomic E-state index is -0.634. The normalized spacial score (nSPS) is 11.3. The minimum absolute atomic E-state index is 0. The van der Waals surface area contributed by atoms with Crippen LogP contribution in [0.5, 0.6) is 0 Å². The van der Waals surface area contributed by atoms with Gasteiger partial charge in [-0.25, -0.2) is 4.79 Å². The second-order valence-electron chi connectivity index (χ2n) is 14.2. The van der Waals surface area contributed by atoms with Crippen LogP contribution >= 0.6 is 12.4 Å². The van der Waals surface area contributed by atoms with E-state index >= 15 is 0 Å². The van der Waals surface area contributed by atoms with Gasteiger partial charge in [-0.05, 0) is 25.7 Å². The summed E-state index contributed by atoms with van der Waals surface area (Å²) in [5.74, 6) is -0.634. The first kappa shape index (κ1) is 49.1. The molecule has 0 saturated carbocycles. The molecule has 0 aliphatic heterocycles. The fourth-order valence-electron chi connectivity index (χ4n) is 6.68. The number of likely N-dealkylation sites (N-methyl/N-ethyl adjacent to an activating group) is 1. The zero-order valence-corrected chi connectivity index (χ0v) is 33.8. The van der Waals surface area contributed by atoms with Crippen LogP contribution in [-0.2, 0) is 4.79 Å². The molecule has 0 aromatic carbocycles. The molecule has 0 aromatic rings. The zero-order valence-electron chi connectivity index (χ0n) is 32.0. The molecule has 0 spiro atoms. The van der Waals surface area contributed by atoms with Crippen molar-refractivity contribution in [2.45, 2.75) is 219 Å². The molecule has 0 bridgehead atoms. The summed E-state index contributed by atoms with van der Waals surface area (Å²) in [7, 11) is 2.19. The zero-order chi connectivity index (χ0) is 30.8. The Morgan fingerprint density at radius 3 is 0.795 bits per heavy atom. The SMILES string of the molecule is CCCCCCCCCCCCCCCCCC[N+](C)(CCCCCCCCCCCCCCCCCC)CC(=O)O.Cl.[H-].[Na+]. The van der Waals surface area contributed by atoms with E-state index in [1.807, 2.05) is 0 Å².